The maximum Gasteiger partial charge on any atom is 0.0443 e. The molecule has 0 radical (unpaired) electrons. The summed E-state index contributed by atoms with van der Waals surface area (Å²) in [6, 6.07) is 0. The molecule has 0 aromatic carbocycles. The van der Waals surface area contributed by atoms with E-state index in [0.717, 1.165) is 13.0 Å². The fraction of sp³-hybridized carbons (Fsp3) is 1.00. The van der Waals surface area contributed by atoms with E-state index in [1.165, 1.54) is 32.6 Å². The third-order valence-electron chi connectivity index (χ3n) is 3.15. The van der Waals surface area contributed by atoms with Crippen molar-refractivity contribution in [2.45, 2.75) is 12.8 Å². The standard InChI is InChI=1S/C9H18N2O/c12-5-1-3-11-4-2-9(8-11)6-10-7-9/h10,12H,1-8H2. The molecule has 3 nitrogen and oxygen atoms in total. The van der Waals surface area contributed by atoms with Crippen molar-refractivity contribution in [2.75, 3.05) is 39.3 Å². The van der Waals surface area contributed by atoms with Crippen LogP contribution in [0.15, 0.2) is 0 Å². The summed E-state index contributed by atoms with van der Waals surface area (Å²) >= 11 is 0. The maximum absolute atomic E-state index is 8.69. The smallest absolute Gasteiger partial charge is 0.0443 e. The number of hydrogen-bond acceptors (Lipinski definition) is 3. The van der Waals surface area contributed by atoms with Crippen molar-refractivity contribution in [3.05, 3.63) is 0 Å². The highest BCUT2D eigenvalue weighted by Crippen LogP contribution is 2.33. The van der Waals surface area contributed by atoms with E-state index in [2.05, 4.69) is 10.2 Å². The number of rotatable bonds is 3. The van der Waals surface area contributed by atoms with Gasteiger partial charge in [-0.3, -0.25) is 0 Å². The molecule has 0 atom stereocenters. The molecule has 2 heterocycles. The van der Waals surface area contributed by atoms with Crippen LogP contribution in [0.3, 0.4) is 0 Å². The minimum Gasteiger partial charge on any atom is -0.396 e. The number of aliphatic hydroxyl groups excluding tert-OH is 1. The lowest BCUT2D eigenvalue weighted by molar-refractivity contribution is 0.164. The highest BCUT2D eigenvalue weighted by atomic mass is 16.3. The Labute approximate surface area is 73.8 Å². The van der Waals surface area contributed by atoms with Crippen molar-refractivity contribution < 1.29 is 5.11 Å². The Hall–Kier alpha value is -0.120. The minimum atomic E-state index is 0.335. The average molecular weight is 170 g/mol. The molecule has 2 saturated heterocycles. The summed E-state index contributed by atoms with van der Waals surface area (Å²) in [6.45, 7) is 6.33. The SMILES string of the molecule is OCCCN1CCC2(CNC2)C1. The maximum atomic E-state index is 8.69. The fourth-order valence-corrected chi connectivity index (χ4v) is 2.28. The fourth-order valence-electron chi connectivity index (χ4n) is 2.28. The largest absolute Gasteiger partial charge is 0.396 e. The summed E-state index contributed by atoms with van der Waals surface area (Å²) in [6.07, 6.45) is 2.29. The van der Waals surface area contributed by atoms with Gasteiger partial charge in [-0.05, 0) is 19.4 Å². The first-order valence-electron chi connectivity index (χ1n) is 4.89. The predicted molar refractivity (Wildman–Crippen MR) is 48.1 cm³/mol. The van der Waals surface area contributed by atoms with Gasteiger partial charge in [-0.1, -0.05) is 0 Å². The summed E-state index contributed by atoms with van der Waals surface area (Å²) < 4.78 is 0. The van der Waals surface area contributed by atoms with E-state index >= 15 is 0 Å². The predicted octanol–water partition coefficient (Wildman–Crippen LogP) is -0.336. The van der Waals surface area contributed by atoms with E-state index in [9.17, 15) is 0 Å². The van der Waals surface area contributed by atoms with Gasteiger partial charge in [-0.15, -0.1) is 0 Å². The van der Waals surface area contributed by atoms with Crippen LogP contribution in [0.4, 0.5) is 0 Å². The van der Waals surface area contributed by atoms with Crippen LogP contribution >= 0.6 is 0 Å². The van der Waals surface area contributed by atoms with Crippen molar-refractivity contribution in [1.29, 1.82) is 0 Å². The van der Waals surface area contributed by atoms with Crippen LogP contribution in [0.25, 0.3) is 0 Å². The van der Waals surface area contributed by atoms with Crippen molar-refractivity contribution in [3.63, 3.8) is 0 Å². The van der Waals surface area contributed by atoms with Crippen LogP contribution < -0.4 is 5.32 Å². The highest BCUT2D eigenvalue weighted by Gasteiger charge is 2.42. The zero-order chi connectivity index (χ0) is 8.44. The second-order valence-corrected chi connectivity index (χ2v) is 4.21. The van der Waals surface area contributed by atoms with Crippen LogP contribution in [-0.2, 0) is 0 Å². The monoisotopic (exact) mass is 170 g/mol. The van der Waals surface area contributed by atoms with Gasteiger partial charge >= 0.3 is 0 Å². The van der Waals surface area contributed by atoms with Crippen molar-refractivity contribution >= 4 is 0 Å². The van der Waals surface area contributed by atoms with Crippen molar-refractivity contribution in [2.24, 2.45) is 5.41 Å². The molecular formula is C9H18N2O. The summed E-state index contributed by atoms with van der Waals surface area (Å²) in [5, 5.41) is 12.0. The van der Waals surface area contributed by atoms with Gasteiger partial charge in [0, 0.05) is 38.2 Å². The third kappa shape index (κ3) is 1.49. The summed E-state index contributed by atoms with van der Waals surface area (Å²) in [5.41, 5.74) is 0.620. The molecule has 0 saturated carbocycles. The Morgan fingerprint density at radius 3 is 2.75 bits per heavy atom. The number of nitrogens with one attached hydrogen (secondary N) is 1. The van der Waals surface area contributed by atoms with Gasteiger partial charge in [0.15, 0.2) is 0 Å². The molecule has 1 spiro atoms. The van der Waals surface area contributed by atoms with Crippen molar-refractivity contribution in [3.8, 4) is 0 Å². The molecule has 70 valence electrons. The van der Waals surface area contributed by atoms with Crippen LogP contribution in [0.5, 0.6) is 0 Å². The first-order valence-corrected chi connectivity index (χ1v) is 4.89. The third-order valence-corrected chi connectivity index (χ3v) is 3.15. The normalized spacial score (nSPS) is 27.8. The Kier molecular flexibility index (Phi) is 2.35. The lowest BCUT2D eigenvalue weighted by Gasteiger charge is -2.39. The van der Waals surface area contributed by atoms with Gasteiger partial charge in [-0.2, -0.15) is 0 Å². The number of aliphatic hydroxyl groups is 1. The summed E-state index contributed by atoms with van der Waals surface area (Å²) in [4.78, 5) is 2.48. The Morgan fingerprint density at radius 1 is 1.42 bits per heavy atom. The average Bonchev–Trinajstić information content (AvgIpc) is 2.44. The van der Waals surface area contributed by atoms with Crippen LogP contribution in [-0.4, -0.2) is 49.3 Å². The lowest BCUT2D eigenvalue weighted by atomic mass is 9.81. The molecule has 0 aromatic heterocycles. The molecule has 0 aromatic rings. The number of likely N-dealkylation sites (tertiary alicyclic amines) is 1. The topological polar surface area (TPSA) is 35.5 Å². The zero-order valence-corrected chi connectivity index (χ0v) is 7.55. The lowest BCUT2D eigenvalue weighted by Crippen LogP contribution is -2.54. The summed E-state index contributed by atoms with van der Waals surface area (Å²) in [5.74, 6) is 0. The molecule has 2 N–H and O–H groups in total. The second-order valence-electron chi connectivity index (χ2n) is 4.21. The minimum absolute atomic E-state index is 0.335. The van der Waals surface area contributed by atoms with Gasteiger partial charge in [-0.25, -0.2) is 0 Å². The molecule has 3 heteroatoms. The quantitative estimate of drug-likeness (QED) is 0.608. The van der Waals surface area contributed by atoms with Gasteiger partial charge in [0.05, 0.1) is 0 Å². The summed E-state index contributed by atoms with van der Waals surface area (Å²) in [7, 11) is 0. The molecule has 2 rings (SSSR count). The Bertz CT molecular complexity index is 155. The molecule has 2 fully saturated rings. The van der Waals surface area contributed by atoms with E-state index in [1.54, 1.807) is 0 Å². The number of hydrogen-bond donors (Lipinski definition) is 2. The van der Waals surface area contributed by atoms with Crippen molar-refractivity contribution in [1.82, 2.24) is 10.2 Å². The van der Waals surface area contributed by atoms with Gasteiger partial charge < -0.3 is 15.3 Å². The Morgan fingerprint density at radius 2 is 2.25 bits per heavy atom. The van der Waals surface area contributed by atoms with E-state index in [4.69, 9.17) is 5.11 Å². The molecule has 0 bridgehead atoms. The molecule has 12 heavy (non-hydrogen) atoms. The van der Waals surface area contributed by atoms with Gasteiger partial charge in [0.1, 0.15) is 0 Å². The first kappa shape index (κ1) is 8.48. The number of nitrogens with zero attached hydrogens (tertiary/aromatic N) is 1. The molecule has 2 aliphatic rings. The second kappa shape index (κ2) is 3.32. The van der Waals surface area contributed by atoms with Gasteiger partial charge in [0.25, 0.3) is 0 Å². The van der Waals surface area contributed by atoms with Crippen LogP contribution in [0.2, 0.25) is 0 Å². The van der Waals surface area contributed by atoms with Gasteiger partial charge in [0.2, 0.25) is 0 Å². The molecule has 0 unspecified atom stereocenters. The van der Waals surface area contributed by atoms with E-state index < -0.39 is 0 Å². The van der Waals surface area contributed by atoms with Crippen LogP contribution in [0, 0.1) is 5.41 Å². The zero-order valence-electron chi connectivity index (χ0n) is 7.55. The highest BCUT2D eigenvalue weighted by molar-refractivity contribution is 4.99. The molecule has 2 aliphatic heterocycles. The molecule has 0 aliphatic carbocycles. The van der Waals surface area contributed by atoms with E-state index in [0.29, 0.717) is 12.0 Å². The van der Waals surface area contributed by atoms with E-state index in [-0.39, 0.29) is 0 Å². The van der Waals surface area contributed by atoms with Crippen LogP contribution in [0.1, 0.15) is 12.8 Å². The molecule has 0 amide bonds. The van der Waals surface area contributed by atoms with E-state index in [1.807, 2.05) is 0 Å². The molecular weight excluding hydrogens is 152 g/mol. The first-order chi connectivity index (χ1) is 5.85. The Balaban J connectivity index is 1.74.